The Morgan fingerprint density at radius 3 is 2.42 bits per heavy atom. The molecule has 0 aliphatic carbocycles. The molecule has 5 heteroatoms. The van der Waals surface area contributed by atoms with E-state index < -0.39 is 0 Å². The van der Waals surface area contributed by atoms with Gasteiger partial charge in [0.05, 0.1) is 13.0 Å². The number of carbonyl (C=O) groups excluding carboxylic acids is 2. The van der Waals surface area contributed by atoms with Crippen LogP contribution in [0.1, 0.15) is 18.1 Å². The third kappa shape index (κ3) is 4.37. The molecule has 0 saturated heterocycles. The minimum Gasteiger partial charge on any atom is -0.358 e. The van der Waals surface area contributed by atoms with Crippen molar-refractivity contribution in [3.05, 3.63) is 35.4 Å². The molecule has 0 atom stereocenters. The van der Waals surface area contributed by atoms with Crippen LogP contribution in [0.4, 0.5) is 0 Å². The van der Waals surface area contributed by atoms with Gasteiger partial charge in [0.2, 0.25) is 11.8 Å². The molecular weight excluding hydrogens is 242 g/mol. The lowest BCUT2D eigenvalue weighted by molar-refractivity contribution is -0.135. The quantitative estimate of drug-likeness (QED) is 0.774. The molecule has 0 aromatic heterocycles. The van der Waals surface area contributed by atoms with E-state index >= 15 is 0 Å². The summed E-state index contributed by atoms with van der Waals surface area (Å²) >= 11 is 0. The van der Waals surface area contributed by atoms with Crippen molar-refractivity contribution in [2.24, 2.45) is 5.73 Å². The van der Waals surface area contributed by atoms with Crippen LogP contribution in [0.3, 0.4) is 0 Å². The van der Waals surface area contributed by atoms with Crippen molar-refractivity contribution >= 4 is 11.8 Å². The summed E-state index contributed by atoms with van der Waals surface area (Å²) in [6, 6.07) is 7.60. The predicted molar refractivity (Wildman–Crippen MR) is 74.4 cm³/mol. The second-order valence-corrected chi connectivity index (χ2v) is 4.23. The summed E-state index contributed by atoms with van der Waals surface area (Å²) in [4.78, 5) is 25.0. The van der Waals surface area contributed by atoms with E-state index in [2.05, 4.69) is 5.32 Å². The predicted octanol–water partition coefficient (Wildman–Crippen LogP) is 0.282. The van der Waals surface area contributed by atoms with Crippen LogP contribution in [0.15, 0.2) is 24.3 Å². The van der Waals surface area contributed by atoms with Gasteiger partial charge in [-0.05, 0) is 18.1 Å². The SMILES string of the molecule is CCN(CC(=O)NC)C(=O)Cc1ccccc1CN. The van der Waals surface area contributed by atoms with Gasteiger partial charge in [0.1, 0.15) is 0 Å². The van der Waals surface area contributed by atoms with Crippen LogP contribution < -0.4 is 11.1 Å². The van der Waals surface area contributed by atoms with Crippen LogP contribution in [0.25, 0.3) is 0 Å². The molecular formula is C14H21N3O2. The first-order chi connectivity index (χ1) is 9.12. The van der Waals surface area contributed by atoms with Crippen molar-refractivity contribution in [2.75, 3.05) is 20.1 Å². The fourth-order valence-electron chi connectivity index (χ4n) is 1.83. The minimum absolute atomic E-state index is 0.0630. The van der Waals surface area contributed by atoms with E-state index in [1.54, 1.807) is 7.05 Å². The van der Waals surface area contributed by atoms with E-state index in [9.17, 15) is 9.59 Å². The summed E-state index contributed by atoms with van der Waals surface area (Å²) in [7, 11) is 1.56. The molecule has 5 nitrogen and oxygen atoms in total. The number of amides is 2. The molecule has 0 aliphatic rings. The van der Waals surface area contributed by atoms with Gasteiger partial charge in [-0.15, -0.1) is 0 Å². The second kappa shape index (κ2) is 7.53. The van der Waals surface area contributed by atoms with Crippen LogP contribution >= 0.6 is 0 Å². The monoisotopic (exact) mass is 263 g/mol. The van der Waals surface area contributed by atoms with Gasteiger partial charge in [0, 0.05) is 20.1 Å². The second-order valence-electron chi connectivity index (χ2n) is 4.23. The maximum atomic E-state index is 12.2. The Morgan fingerprint density at radius 2 is 1.89 bits per heavy atom. The Balaban J connectivity index is 2.74. The van der Waals surface area contributed by atoms with Crippen LogP contribution in [0, 0.1) is 0 Å². The Labute approximate surface area is 113 Å². The van der Waals surface area contributed by atoms with Gasteiger partial charge < -0.3 is 16.0 Å². The van der Waals surface area contributed by atoms with Crippen molar-refractivity contribution in [1.82, 2.24) is 10.2 Å². The van der Waals surface area contributed by atoms with E-state index in [-0.39, 0.29) is 24.8 Å². The molecule has 0 bridgehead atoms. The Kier molecular flexibility index (Phi) is 6.02. The molecule has 0 saturated carbocycles. The molecule has 0 aliphatic heterocycles. The number of nitrogens with zero attached hydrogens (tertiary/aromatic N) is 1. The number of carbonyl (C=O) groups is 2. The number of likely N-dealkylation sites (N-methyl/N-ethyl adjacent to an activating group) is 2. The van der Waals surface area contributed by atoms with Crippen molar-refractivity contribution in [2.45, 2.75) is 19.9 Å². The molecule has 19 heavy (non-hydrogen) atoms. The smallest absolute Gasteiger partial charge is 0.239 e. The summed E-state index contributed by atoms with van der Waals surface area (Å²) in [6.45, 7) is 2.87. The van der Waals surface area contributed by atoms with Crippen LogP contribution in [-0.2, 0) is 22.6 Å². The first-order valence-corrected chi connectivity index (χ1v) is 6.37. The van der Waals surface area contributed by atoms with Gasteiger partial charge in [-0.2, -0.15) is 0 Å². The number of hydrogen-bond acceptors (Lipinski definition) is 3. The van der Waals surface area contributed by atoms with E-state index in [0.717, 1.165) is 11.1 Å². The van der Waals surface area contributed by atoms with Crippen LogP contribution in [-0.4, -0.2) is 36.9 Å². The highest BCUT2D eigenvalue weighted by Crippen LogP contribution is 2.10. The van der Waals surface area contributed by atoms with Crippen molar-refractivity contribution in [3.8, 4) is 0 Å². The van der Waals surface area contributed by atoms with Gasteiger partial charge in [-0.3, -0.25) is 9.59 Å². The molecule has 0 spiro atoms. The zero-order chi connectivity index (χ0) is 14.3. The van der Waals surface area contributed by atoms with Crippen molar-refractivity contribution < 1.29 is 9.59 Å². The molecule has 1 aromatic rings. The van der Waals surface area contributed by atoms with Gasteiger partial charge >= 0.3 is 0 Å². The molecule has 0 unspecified atom stereocenters. The maximum Gasteiger partial charge on any atom is 0.239 e. The number of rotatable bonds is 6. The van der Waals surface area contributed by atoms with E-state index in [4.69, 9.17) is 5.73 Å². The molecule has 0 fully saturated rings. The van der Waals surface area contributed by atoms with Crippen molar-refractivity contribution in [1.29, 1.82) is 0 Å². The summed E-state index contributed by atoms with van der Waals surface area (Å²) in [6.07, 6.45) is 0.276. The van der Waals surface area contributed by atoms with E-state index in [0.29, 0.717) is 13.1 Å². The van der Waals surface area contributed by atoms with Crippen molar-refractivity contribution in [3.63, 3.8) is 0 Å². The summed E-state index contributed by atoms with van der Waals surface area (Å²) in [5.41, 5.74) is 7.53. The highest BCUT2D eigenvalue weighted by Gasteiger charge is 2.16. The zero-order valence-electron chi connectivity index (χ0n) is 11.5. The average molecular weight is 263 g/mol. The van der Waals surface area contributed by atoms with Crippen LogP contribution in [0.5, 0.6) is 0 Å². The van der Waals surface area contributed by atoms with E-state index in [1.807, 2.05) is 31.2 Å². The lowest BCUT2D eigenvalue weighted by Gasteiger charge is -2.20. The molecule has 0 radical (unpaired) electrons. The van der Waals surface area contributed by atoms with Gasteiger partial charge in [0.25, 0.3) is 0 Å². The molecule has 104 valence electrons. The third-order valence-electron chi connectivity index (χ3n) is 3.03. The van der Waals surface area contributed by atoms with Gasteiger partial charge in [0.15, 0.2) is 0 Å². The largest absolute Gasteiger partial charge is 0.358 e. The standard InChI is InChI=1S/C14H21N3O2/c1-3-17(10-13(18)16-2)14(19)8-11-6-4-5-7-12(11)9-15/h4-7H,3,8-10,15H2,1-2H3,(H,16,18). The number of benzene rings is 1. The summed E-state index contributed by atoms with van der Waals surface area (Å²) < 4.78 is 0. The number of hydrogen-bond donors (Lipinski definition) is 2. The van der Waals surface area contributed by atoms with Gasteiger partial charge in [-0.25, -0.2) is 0 Å². The summed E-state index contributed by atoms with van der Waals surface area (Å²) in [5, 5.41) is 2.52. The number of nitrogens with one attached hydrogen (secondary N) is 1. The molecule has 0 heterocycles. The average Bonchev–Trinajstić information content (AvgIpc) is 2.44. The number of nitrogens with two attached hydrogens (primary N) is 1. The Hall–Kier alpha value is -1.88. The fraction of sp³-hybridized carbons (Fsp3) is 0.429. The molecule has 3 N–H and O–H groups in total. The topological polar surface area (TPSA) is 75.4 Å². The zero-order valence-corrected chi connectivity index (χ0v) is 11.5. The fourth-order valence-corrected chi connectivity index (χ4v) is 1.83. The highest BCUT2D eigenvalue weighted by atomic mass is 16.2. The summed E-state index contributed by atoms with van der Waals surface area (Å²) in [5.74, 6) is -0.227. The Morgan fingerprint density at radius 1 is 1.26 bits per heavy atom. The normalized spacial score (nSPS) is 10.1. The lowest BCUT2D eigenvalue weighted by Crippen LogP contribution is -2.40. The lowest BCUT2D eigenvalue weighted by atomic mass is 10.0. The molecule has 1 aromatic carbocycles. The first kappa shape index (κ1) is 15.2. The maximum absolute atomic E-state index is 12.2. The Bertz CT molecular complexity index is 446. The highest BCUT2D eigenvalue weighted by molar-refractivity contribution is 5.85. The van der Waals surface area contributed by atoms with Crippen LogP contribution in [0.2, 0.25) is 0 Å². The van der Waals surface area contributed by atoms with E-state index in [1.165, 1.54) is 4.90 Å². The minimum atomic E-state index is -0.165. The van der Waals surface area contributed by atoms with Gasteiger partial charge in [-0.1, -0.05) is 24.3 Å². The first-order valence-electron chi connectivity index (χ1n) is 6.37. The molecule has 2 amide bonds. The molecule has 1 rings (SSSR count). The third-order valence-corrected chi connectivity index (χ3v) is 3.03.